The quantitative estimate of drug-likeness (QED) is 0.718. The molecule has 1 rings (SSSR count). The maximum atomic E-state index is 13.2. The molecule has 1 aromatic carbocycles. The van der Waals surface area contributed by atoms with Gasteiger partial charge in [-0.25, -0.2) is 22.3 Å². The van der Waals surface area contributed by atoms with Crippen molar-refractivity contribution in [3.8, 4) is 0 Å². The van der Waals surface area contributed by atoms with Crippen LogP contribution in [0, 0.1) is 5.82 Å². The highest BCUT2D eigenvalue weighted by atomic mass is 32.2. The van der Waals surface area contributed by atoms with Crippen molar-refractivity contribution < 1.29 is 32.2 Å². The standard InChI is InChI=1S/C12H14FNO6S/c1-2-20-11(15)5-6-14-21(18,19)8-3-4-10(13)9(7-8)12(16)17/h3-4,7,14H,2,5-6H2,1H3,(H,16,17). The molecule has 0 aliphatic carbocycles. The van der Waals surface area contributed by atoms with Crippen LogP contribution >= 0.6 is 0 Å². The number of esters is 1. The first-order chi connectivity index (χ1) is 9.77. The fraction of sp³-hybridized carbons (Fsp3) is 0.333. The van der Waals surface area contributed by atoms with Crippen LogP contribution in [-0.2, 0) is 19.6 Å². The Morgan fingerprint density at radius 1 is 1.38 bits per heavy atom. The SMILES string of the molecule is CCOC(=O)CCNS(=O)(=O)c1ccc(F)c(C(=O)O)c1. The van der Waals surface area contributed by atoms with Crippen molar-refractivity contribution in [1.82, 2.24) is 4.72 Å². The molecule has 21 heavy (non-hydrogen) atoms. The number of ether oxygens (including phenoxy) is 1. The molecule has 0 unspecified atom stereocenters. The first kappa shape index (κ1) is 17.1. The number of hydrogen-bond acceptors (Lipinski definition) is 5. The van der Waals surface area contributed by atoms with Crippen molar-refractivity contribution >= 4 is 22.0 Å². The van der Waals surface area contributed by atoms with E-state index >= 15 is 0 Å². The number of carbonyl (C=O) groups is 2. The van der Waals surface area contributed by atoms with Gasteiger partial charge in [0.05, 0.1) is 23.5 Å². The lowest BCUT2D eigenvalue weighted by molar-refractivity contribution is -0.142. The summed E-state index contributed by atoms with van der Waals surface area (Å²) in [5.41, 5.74) is -0.747. The number of halogens is 1. The molecule has 0 bridgehead atoms. The van der Waals surface area contributed by atoms with Crippen LogP contribution in [0.5, 0.6) is 0 Å². The minimum Gasteiger partial charge on any atom is -0.478 e. The number of carboxylic acids is 1. The second-order valence-electron chi connectivity index (χ2n) is 3.90. The first-order valence-electron chi connectivity index (χ1n) is 5.96. The van der Waals surface area contributed by atoms with Gasteiger partial charge in [-0.05, 0) is 25.1 Å². The summed E-state index contributed by atoms with van der Waals surface area (Å²) >= 11 is 0. The average Bonchev–Trinajstić information content (AvgIpc) is 2.38. The lowest BCUT2D eigenvalue weighted by atomic mass is 10.2. The van der Waals surface area contributed by atoms with Gasteiger partial charge in [-0.1, -0.05) is 0 Å². The lowest BCUT2D eigenvalue weighted by Gasteiger charge is -2.07. The molecule has 0 heterocycles. The molecule has 1 aromatic rings. The van der Waals surface area contributed by atoms with Crippen molar-refractivity contribution in [2.24, 2.45) is 0 Å². The Hall–Kier alpha value is -2.00. The first-order valence-corrected chi connectivity index (χ1v) is 7.44. The minimum absolute atomic E-state index is 0.167. The van der Waals surface area contributed by atoms with Gasteiger partial charge < -0.3 is 9.84 Å². The number of benzene rings is 1. The van der Waals surface area contributed by atoms with Crippen molar-refractivity contribution in [3.63, 3.8) is 0 Å². The maximum Gasteiger partial charge on any atom is 0.338 e. The molecule has 2 N–H and O–H groups in total. The van der Waals surface area contributed by atoms with Crippen LogP contribution in [0.25, 0.3) is 0 Å². The van der Waals surface area contributed by atoms with E-state index in [2.05, 4.69) is 9.46 Å². The molecule has 0 radical (unpaired) electrons. The molecule has 0 atom stereocenters. The Bertz CT molecular complexity index is 643. The van der Waals surface area contributed by atoms with Crippen molar-refractivity contribution in [1.29, 1.82) is 0 Å². The van der Waals surface area contributed by atoms with E-state index in [1.807, 2.05) is 0 Å². The molecule has 9 heteroatoms. The Morgan fingerprint density at radius 3 is 2.62 bits per heavy atom. The van der Waals surface area contributed by atoms with Gasteiger partial charge in [0.25, 0.3) is 0 Å². The van der Waals surface area contributed by atoms with Crippen LogP contribution < -0.4 is 4.72 Å². The van der Waals surface area contributed by atoms with Gasteiger partial charge in [-0.15, -0.1) is 0 Å². The van der Waals surface area contributed by atoms with Gasteiger partial charge in [-0.2, -0.15) is 0 Å². The highest BCUT2D eigenvalue weighted by Gasteiger charge is 2.19. The van der Waals surface area contributed by atoms with Crippen LogP contribution in [0.4, 0.5) is 4.39 Å². The molecule has 0 saturated heterocycles. The number of aromatic carboxylic acids is 1. The lowest BCUT2D eigenvalue weighted by Crippen LogP contribution is -2.27. The van der Waals surface area contributed by atoms with Crippen LogP contribution in [0.2, 0.25) is 0 Å². The van der Waals surface area contributed by atoms with Gasteiger partial charge in [-0.3, -0.25) is 4.79 Å². The molecule has 0 saturated carbocycles. The molecule has 0 spiro atoms. The second kappa shape index (κ2) is 7.14. The maximum absolute atomic E-state index is 13.2. The zero-order valence-corrected chi connectivity index (χ0v) is 11.9. The van der Waals surface area contributed by atoms with E-state index in [9.17, 15) is 22.4 Å². The fourth-order valence-electron chi connectivity index (χ4n) is 1.44. The van der Waals surface area contributed by atoms with E-state index < -0.39 is 38.2 Å². The third-order valence-corrected chi connectivity index (χ3v) is 3.86. The molecular weight excluding hydrogens is 305 g/mol. The molecule has 7 nitrogen and oxygen atoms in total. The summed E-state index contributed by atoms with van der Waals surface area (Å²) in [7, 11) is -4.03. The average molecular weight is 319 g/mol. The summed E-state index contributed by atoms with van der Waals surface area (Å²) in [4.78, 5) is 21.4. The second-order valence-corrected chi connectivity index (χ2v) is 5.67. The van der Waals surface area contributed by atoms with Crippen LogP contribution in [0.15, 0.2) is 23.1 Å². The van der Waals surface area contributed by atoms with E-state index in [1.165, 1.54) is 0 Å². The van der Waals surface area contributed by atoms with Gasteiger partial charge >= 0.3 is 11.9 Å². The van der Waals surface area contributed by atoms with E-state index in [0.717, 1.165) is 12.1 Å². The van der Waals surface area contributed by atoms with Gasteiger partial charge in [0.2, 0.25) is 10.0 Å². The molecule has 0 aliphatic rings. The van der Waals surface area contributed by atoms with Gasteiger partial charge in [0, 0.05) is 6.54 Å². The molecule has 0 aliphatic heterocycles. The highest BCUT2D eigenvalue weighted by molar-refractivity contribution is 7.89. The van der Waals surface area contributed by atoms with Crippen LogP contribution in [0.1, 0.15) is 23.7 Å². The summed E-state index contributed by atoms with van der Waals surface area (Å²) in [6, 6.07) is 2.40. The third kappa shape index (κ3) is 4.80. The van der Waals surface area contributed by atoms with Crippen molar-refractivity contribution in [3.05, 3.63) is 29.6 Å². The number of nitrogens with one attached hydrogen (secondary N) is 1. The summed E-state index contributed by atoms with van der Waals surface area (Å²) in [6.45, 7) is 1.60. The Morgan fingerprint density at radius 2 is 2.05 bits per heavy atom. The van der Waals surface area contributed by atoms with Crippen LogP contribution in [-0.4, -0.2) is 38.6 Å². The zero-order valence-electron chi connectivity index (χ0n) is 11.1. The largest absolute Gasteiger partial charge is 0.478 e. The molecule has 0 amide bonds. The van der Waals surface area contributed by atoms with Crippen molar-refractivity contribution in [2.75, 3.05) is 13.2 Å². The Balaban J connectivity index is 2.81. The Kier molecular flexibility index (Phi) is 5.79. The number of carboxylic acid groups (broad SMARTS) is 1. The topological polar surface area (TPSA) is 110 Å². The smallest absolute Gasteiger partial charge is 0.338 e. The van der Waals surface area contributed by atoms with Crippen LogP contribution in [0.3, 0.4) is 0 Å². The van der Waals surface area contributed by atoms with Crippen molar-refractivity contribution in [2.45, 2.75) is 18.2 Å². The molecular formula is C12H14FNO6S. The zero-order chi connectivity index (χ0) is 16.0. The van der Waals surface area contributed by atoms with Gasteiger partial charge in [0.1, 0.15) is 5.82 Å². The third-order valence-electron chi connectivity index (χ3n) is 2.41. The fourth-order valence-corrected chi connectivity index (χ4v) is 2.50. The highest BCUT2D eigenvalue weighted by Crippen LogP contribution is 2.15. The van der Waals surface area contributed by atoms with Gasteiger partial charge in [0.15, 0.2) is 0 Å². The number of rotatable bonds is 7. The molecule has 0 fully saturated rings. The minimum atomic E-state index is -4.03. The predicted molar refractivity (Wildman–Crippen MR) is 69.8 cm³/mol. The number of carbonyl (C=O) groups excluding carboxylic acids is 1. The van der Waals surface area contributed by atoms with E-state index in [4.69, 9.17) is 5.11 Å². The normalized spacial score (nSPS) is 11.1. The van der Waals surface area contributed by atoms with E-state index in [1.54, 1.807) is 6.92 Å². The Labute approximate surface area is 120 Å². The van der Waals surface area contributed by atoms with E-state index in [-0.39, 0.29) is 19.6 Å². The molecule has 116 valence electrons. The monoisotopic (exact) mass is 319 g/mol. The molecule has 0 aromatic heterocycles. The summed E-state index contributed by atoms with van der Waals surface area (Å²) < 4.78 is 43.7. The summed E-state index contributed by atoms with van der Waals surface area (Å²) in [6.07, 6.45) is -0.167. The summed E-state index contributed by atoms with van der Waals surface area (Å²) in [5, 5.41) is 8.75. The number of sulfonamides is 1. The van der Waals surface area contributed by atoms with E-state index in [0.29, 0.717) is 6.07 Å². The summed E-state index contributed by atoms with van der Waals surface area (Å²) in [5.74, 6) is -3.17. The predicted octanol–water partition coefficient (Wildman–Crippen LogP) is 0.755. The number of hydrogen-bond donors (Lipinski definition) is 2.